The standard InChI is InChI=1S/C19H30N2/c20-19(11-10-16-6-2-1-3-7-16)15-21-13-12-17-8-4-5-9-18(17)14-21/h1-3,6-7,17-19H,4-5,8-15,20H2. The Morgan fingerprint density at radius 3 is 2.62 bits per heavy atom. The van der Waals surface area contributed by atoms with Crippen LogP contribution in [0.3, 0.4) is 0 Å². The van der Waals surface area contributed by atoms with Crippen LogP contribution in [0.25, 0.3) is 0 Å². The zero-order valence-corrected chi connectivity index (χ0v) is 13.2. The molecule has 0 amide bonds. The van der Waals surface area contributed by atoms with Gasteiger partial charge in [0.25, 0.3) is 0 Å². The van der Waals surface area contributed by atoms with Crippen molar-refractivity contribution < 1.29 is 0 Å². The lowest BCUT2D eigenvalue weighted by atomic mass is 9.75. The second-order valence-corrected chi connectivity index (χ2v) is 7.14. The van der Waals surface area contributed by atoms with E-state index in [9.17, 15) is 0 Å². The number of hydrogen-bond acceptors (Lipinski definition) is 2. The smallest absolute Gasteiger partial charge is 0.0170 e. The Kier molecular flexibility index (Phi) is 5.32. The number of nitrogens with zero attached hydrogens (tertiary/aromatic N) is 1. The van der Waals surface area contributed by atoms with E-state index < -0.39 is 0 Å². The third kappa shape index (κ3) is 4.31. The lowest BCUT2D eigenvalue weighted by Gasteiger charge is -2.42. The molecule has 1 saturated carbocycles. The molecule has 3 rings (SSSR count). The molecule has 0 radical (unpaired) electrons. The summed E-state index contributed by atoms with van der Waals surface area (Å²) in [6, 6.07) is 11.1. The molecule has 21 heavy (non-hydrogen) atoms. The Hall–Kier alpha value is -0.860. The van der Waals surface area contributed by atoms with Crippen molar-refractivity contribution in [2.45, 2.75) is 51.0 Å². The van der Waals surface area contributed by atoms with Crippen molar-refractivity contribution in [1.29, 1.82) is 0 Å². The van der Waals surface area contributed by atoms with Crippen molar-refractivity contribution in [2.75, 3.05) is 19.6 Å². The summed E-state index contributed by atoms with van der Waals surface area (Å²) in [6.45, 7) is 3.68. The molecule has 1 heterocycles. The Balaban J connectivity index is 1.41. The number of hydrogen-bond donors (Lipinski definition) is 1. The van der Waals surface area contributed by atoms with Gasteiger partial charge in [-0.15, -0.1) is 0 Å². The van der Waals surface area contributed by atoms with Crippen molar-refractivity contribution in [3.63, 3.8) is 0 Å². The van der Waals surface area contributed by atoms with Gasteiger partial charge in [0.1, 0.15) is 0 Å². The summed E-state index contributed by atoms with van der Waals surface area (Å²) >= 11 is 0. The summed E-state index contributed by atoms with van der Waals surface area (Å²) in [7, 11) is 0. The number of rotatable bonds is 5. The van der Waals surface area contributed by atoms with Gasteiger partial charge in [0.15, 0.2) is 0 Å². The molecular formula is C19H30N2. The molecule has 0 aromatic heterocycles. The van der Waals surface area contributed by atoms with Crippen LogP contribution in [-0.4, -0.2) is 30.6 Å². The monoisotopic (exact) mass is 286 g/mol. The molecule has 0 spiro atoms. The number of fused-ring (bicyclic) bond motifs is 1. The first-order valence-corrected chi connectivity index (χ1v) is 8.83. The zero-order chi connectivity index (χ0) is 14.5. The van der Waals surface area contributed by atoms with Crippen molar-refractivity contribution in [2.24, 2.45) is 17.6 Å². The fraction of sp³-hybridized carbons (Fsp3) is 0.684. The lowest BCUT2D eigenvalue weighted by Crippen LogP contribution is -2.46. The molecule has 116 valence electrons. The number of benzene rings is 1. The minimum atomic E-state index is 0.324. The van der Waals surface area contributed by atoms with Gasteiger partial charge in [0.05, 0.1) is 0 Å². The van der Waals surface area contributed by atoms with E-state index in [1.807, 2.05) is 0 Å². The van der Waals surface area contributed by atoms with E-state index in [4.69, 9.17) is 5.73 Å². The molecule has 2 N–H and O–H groups in total. The van der Waals surface area contributed by atoms with E-state index in [2.05, 4.69) is 35.2 Å². The Morgan fingerprint density at radius 2 is 1.81 bits per heavy atom. The van der Waals surface area contributed by atoms with Gasteiger partial charge in [-0.25, -0.2) is 0 Å². The van der Waals surface area contributed by atoms with Crippen LogP contribution in [0.1, 0.15) is 44.1 Å². The maximum Gasteiger partial charge on any atom is 0.0170 e. The predicted octanol–water partition coefficient (Wildman–Crippen LogP) is 3.46. The van der Waals surface area contributed by atoms with Gasteiger partial charge in [-0.1, -0.05) is 49.6 Å². The fourth-order valence-corrected chi connectivity index (χ4v) is 4.26. The molecule has 1 aliphatic carbocycles. The van der Waals surface area contributed by atoms with Gasteiger partial charge in [-0.3, -0.25) is 0 Å². The van der Waals surface area contributed by atoms with E-state index in [-0.39, 0.29) is 0 Å². The van der Waals surface area contributed by atoms with E-state index in [0.717, 1.165) is 31.2 Å². The van der Waals surface area contributed by atoms with Crippen LogP contribution < -0.4 is 5.73 Å². The second-order valence-electron chi connectivity index (χ2n) is 7.14. The van der Waals surface area contributed by atoms with Crippen LogP contribution in [0.4, 0.5) is 0 Å². The normalized spacial score (nSPS) is 28.0. The Bertz CT molecular complexity index is 417. The van der Waals surface area contributed by atoms with Crippen LogP contribution >= 0.6 is 0 Å². The molecular weight excluding hydrogens is 256 g/mol. The highest BCUT2D eigenvalue weighted by Crippen LogP contribution is 2.35. The SMILES string of the molecule is NC(CCc1ccccc1)CN1CCC2CCCCC2C1. The lowest BCUT2D eigenvalue weighted by molar-refractivity contribution is 0.0822. The summed E-state index contributed by atoms with van der Waals surface area (Å²) in [5.41, 5.74) is 7.79. The largest absolute Gasteiger partial charge is 0.327 e. The molecule has 3 atom stereocenters. The zero-order valence-electron chi connectivity index (χ0n) is 13.2. The summed E-state index contributed by atoms with van der Waals surface area (Å²) < 4.78 is 0. The first-order chi connectivity index (χ1) is 10.3. The summed E-state index contributed by atoms with van der Waals surface area (Å²) in [5, 5.41) is 0. The number of aryl methyl sites for hydroxylation is 1. The topological polar surface area (TPSA) is 29.3 Å². The van der Waals surface area contributed by atoms with Gasteiger partial charge in [-0.05, 0) is 49.6 Å². The van der Waals surface area contributed by atoms with Crippen molar-refractivity contribution in [3.05, 3.63) is 35.9 Å². The third-order valence-electron chi connectivity index (χ3n) is 5.51. The van der Waals surface area contributed by atoms with Gasteiger partial charge in [-0.2, -0.15) is 0 Å². The summed E-state index contributed by atoms with van der Waals surface area (Å²) in [5.74, 6) is 1.99. The first-order valence-electron chi connectivity index (χ1n) is 8.83. The number of piperidine rings is 1. The van der Waals surface area contributed by atoms with E-state index in [1.165, 1.54) is 50.8 Å². The van der Waals surface area contributed by atoms with Crippen LogP contribution in [-0.2, 0) is 6.42 Å². The summed E-state index contributed by atoms with van der Waals surface area (Å²) in [4.78, 5) is 2.64. The Labute approximate surface area is 129 Å². The number of likely N-dealkylation sites (tertiary alicyclic amines) is 1. The molecule has 3 unspecified atom stereocenters. The molecule has 1 aromatic rings. The highest BCUT2D eigenvalue weighted by molar-refractivity contribution is 5.14. The molecule has 1 saturated heterocycles. The average Bonchev–Trinajstić information content (AvgIpc) is 2.54. The molecule has 2 fully saturated rings. The molecule has 2 aliphatic rings. The van der Waals surface area contributed by atoms with E-state index in [1.54, 1.807) is 0 Å². The average molecular weight is 286 g/mol. The van der Waals surface area contributed by atoms with Crippen LogP contribution in [0.2, 0.25) is 0 Å². The maximum absolute atomic E-state index is 6.38. The highest BCUT2D eigenvalue weighted by atomic mass is 15.1. The molecule has 0 bridgehead atoms. The minimum absolute atomic E-state index is 0.324. The van der Waals surface area contributed by atoms with Crippen LogP contribution in [0.15, 0.2) is 30.3 Å². The molecule has 2 heteroatoms. The second kappa shape index (κ2) is 7.42. The summed E-state index contributed by atoms with van der Waals surface area (Å²) in [6.07, 6.45) is 9.50. The number of nitrogens with two attached hydrogens (primary N) is 1. The van der Waals surface area contributed by atoms with Crippen molar-refractivity contribution in [1.82, 2.24) is 4.90 Å². The third-order valence-corrected chi connectivity index (χ3v) is 5.51. The van der Waals surface area contributed by atoms with Gasteiger partial charge < -0.3 is 10.6 Å². The Morgan fingerprint density at radius 1 is 1.05 bits per heavy atom. The van der Waals surface area contributed by atoms with E-state index in [0.29, 0.717) is 6.04 Å². The predicted molar refractivity (Wildman–Crippen MR) is 89.2 cm³/mol. The maximum atomic E-state index is 6.38. The van der Waals surface area contributed by atoms with Crippen molar-refractivity contribution in [3.8, 4) is 0 Å². The highest BCUT2D eigenvalue weighted by Gasteiger charge is 2.31. The van der Waals surface area contributed by atoms with Gasteiger partial charge in [0.2, 0.25) is 0 Å². The minimum Gasteiger partial charge on any atom is -0.327 e. The fourth-order valence-electron chi connectivity index (χ4n) is 4.26. The molecule has 2 nitrogen and oxygen atoms in total. The van der Waals surface area contributed by atoms with Gasteiger partial charge >= 0.3 is 0 Å². The molecule has 1 aliphatic heterocycles. The van der Waals surface area contributed by atoms with Crippen LogP contribution in [0.5, 0.6) is 0 Å². The van der Waals surface area contributed by atoms with Crippen molar-refractivity contribution >= 4 is 0 Å². The quantitative estimate of drug-likeness (QED) is 0.898. The first kappa shape index (κ1) is 15.1. The molecule has 1 aromatic carbocycles. The van der Waals surface area contributed by atoms with E-state index >= 15 is 0 Å². The van der Waals surface area contributed by atoms with Gasteiger partial charge in [0, 0.05) is 19.1 Å². The van der Waals surface area contributed by atoms with Crippen LogP contribution in [0, 0.1) is 11.8 Å².